The zero-order valence-electron chi connectivity index (χ0n) is 15.4. The van der Waals surface area contributed by atoms with Crippen molar-refractivity contribution in [1.82, 2.24) is 9.97 Å². The first kappa shape index (κ1) is 18.9. The highest BCUT2D eigenvalue weighted by molar-refractivity contribution is 6.51. The molecule has 30 heavy (non-hydrogen) atoms. The van der Waals surface area contributed by atoms with Crippen LogP contribution in [0.3, 0.4) is 0 Å². The summed E-state index contributed by atoms with van der Waals surface area (Å²) in [7, 11) is 0. The fourth-order valence-electron chi connectivity index (χ4n) is 3.39. The summed E-state index contributed by atoms with van der Waals surface area (Å²) in [6, 6.07) is 14.2. The molecule has 4 rings (SSSR count). The maximum absolute atomic E-state index is 12.9. The summed E-state index contributed by atoms with van der Waals surface area (Å²) in [4.78, 5) is 45.9. The van der Waals surface area contributed by atoms with Crippen LogP contribution < -0.4 is 4.90 Å². The second-order valence-corrected chi connectivity index (χ2v) is 6.40. The quantitative estimate of drug-likeness (QED) is 0.234. The number of hydrogen-bond donors (Lipinski definition) is 1. The van der Waals surface area contributed by atoms with Gasteiger partial charge < -0.3 is 5.11 Å². The first-order chi connectivity index (χ1) is 14.5. The summed E-state index contributed by atoms with van der Waals surface area (Å²) in [5.74, 6) is -2.50. The highest BCUT2D eigenvalue weighted by Gasteiger charge is 2.49. The number of benzene rings is 2. The van der Waals surface area contributed by atoms with Crippen LogP contribution in [0.25, 0.3) is 5.76 Å². The number of carbonyl (C=O) groups is 2. The predicted octanol–water partition coefficient (Wildman–Crippen LogP) is 3.01. The molecule has 1 unspecified atom stereocenters. The third kappa shape index (κ3) is 3.08. The first-order valence-electron chi connectivity index (χ1n) is 8.87. The van der Waals surface area contributed by atoms with E-state index < -0.39 is 28.4 Å². The Morgan fingerprint density at radius 1 is 0.967 bits per heavy atom. The second-order valence-electron chi connectivity index (χ2n) is 6.40. The van der Waals surface area contributed by atoms with Gasteiger partial charge >= 0.3 is 5.91 Å². The van der Waals surface area contributed by atoms with E-state index in [0.717, 1.165) is 4.90 Å². The number of nitro benzene ring substituents is 1. The number of nitrogens with zero attached hydrogens (tertiary/aromatic N) is 4. The number of amides is 1. The summed E-state index contributed by atoms with van der Waals surface area (Å²) in [6.07, 6.45) is 2.77. The second kappa shape index (κ2) is 7.55. The lowest BCUT2D eigenvalue weighted by atomic mass is 9.94. The molecule has 9 heteroatoms. The SMILES string of the molecule is O=C1C(=O)N(c2ncccn2)C(c2ccccc2[N+](=O)[O-])C1=C(O)c1ccccc1. The zero-order valence-corrected chi connectivity index (χ0v) is 15.4. The number of hydrogen-bond acceptors (Lipinski definition) is 7. The fourth-order valence-corrected chi connectivity index (χ4v) is 3.39. The Bertz CT molecular complexity index is 1180. The van der Waals surface area contributed by atoms with Crippen LogP contribution in [0.4, 0.5) is 11.6 Å². The number of aliphatic hydroxyl groups is 1. The van der Waals surface area contributed by atoms with E-state index in [1.54, 1.807) is 36.4 Å². The number of rotatable bonds is 4. The topological polar surface area (TPSA) is 127 Å². The number of Topliss-reactive ketones (excluding diaryl/α,β-unsaturated/α-hetero) is 1. The maximum atomic E-state index is 12.9. The Labute approximate surface area is 170 Å². The van der Waals surface area contributed by atoms with E-state index in [1.807, 2.05) is 0 Å². The Morgan fingerprint density at radius 3 is 2.27 bits per heavy atom. The standard InChI is InChI=1S/C21H14N4O5/c26-18(13-7-2-1-3-8-13)16-17(14-9-4-5-10-15(14)25(29)30)24(20(28)19(16)27)21-22-11-6-12-23-21/h1-12,17,26H. The third-order valence-electron chi connectivity index (χ3n) is 4.69. The lowest BCUT2D eigenvalue weighted by molar-refractivity contribution is -0.385. The van der Waals surface area contributed by atoms with Crippen molar-refractivity contribution in [3.63, 3.8) is 0 Å². The van der Waals surface area contributed by atoms with Gasteiger partial charge in [-0.3, -0.25) is 24.6 Å². The number of ketones is 1. The number of aliphatic hydroxyl groups excluding tert-OH is 1. The van der Waals surface area contributed by atoms with E-state index in [1.165, 1.54) is 36.7 Å². The van der Waals surface area contributed by atoms with Gasteiger partial charge in [0.05, 0.1) is 16.1 Å². The monoisotopic (exact) mass is 402 g/mol. The van der Waals surface area contributed by atoms with Crippen LogP contribution in [-0.4, -0.2) is 31.7 Å². The van der Waals surface area contributed by atoms with E-state index in [0.29, 0.717) is 5.56 Å². The fraction of sp³-hybridized carbons (Fsp3) is 0.0476. The Hall–Kier alpha value is -4.40. The van der Waals surface area contributed by atoms with Gasteiger partial charge in [0.1, 0.15) is 11.8 Å². The highest BCUT2D eigenvalue weighted by atomic mass is 16.6. The van der Waals surface area contributed by atoms with Crippen molar-refractivity contribution in [2.24, 2.45) is 0 Å². The van der Waals surface area contributed by atoms with Crippen LogP contribution in [0.1, 0.15) is 17.2 Å². The van der Waals surface area contributed by atoms with Crippen LogP contribution in [-0.2, 0) is 9.59 Å². The predicted molar refractivity (Wildman–Crippen MR) is 106 cm³/mol. The molecule has 148 valence electrons. The number of anilines is 1. The average Bonchev–Trinajstić information content (AvgIpc) is 3.05. The van der Waals surface area contributed by atoms with Crippen molar-refractivity contribution < 1.29 is 19.6 Å². The molecule has 2 aromatic carbocycles. The highest BCUT2D eigenvalue weighted by Crippen LogP contribution is 2.43. The molecule has 0 bridgehead atoms. The molecule has 1 aliphatic rings. The molecule has 9 nitrogen and oxygen atoms in total. The lowest BCUT2D eigenvalue weighted by Gasteiger charge is -2.23. The van der Waals surface area contributed by atoms with Crippen molar-refractivity contribution in [2.45, 2.75) is 6.04 Å². The number of carbonyl (C=O) groups excluding carboxylic acids is 2. The van der Waals surface area contributed by atoms with Gasteiger partial charge in [-0.05, 0) is 12.1 Å². The van der Waals surface area contributed by atoms with Crippen LogP contribution in [0.2, 0.25) is 0 Å². The summed E-state index contributed by atoms with van der Waals surface area (Å²) in [6.45, 7) is 0. The molecule has 3 aromatic rings. The van der Waals surface area contributed by atoms with Gasteiger partial charge in [-0.15, -0.1) is 0 Å². The van der Waals surface area contributed by atoms with Gasteiger partial charge in [0, 0.05) is 24.0 Å². The summed E-state index contributed by atoms with van der Waals surface area (Å²) in [5, 5.41) is 22.5. The van der Waals surface area contributed by atoms with Gasteiger partial charge in [-0.1, -0.05) is 42.5 Å². The van der Waals surface area contributed by atoms with Crippen LogP contribution in [0.5, 0.6) is 0 Å². The molecule has 0 saturated carbocycles. The molecule has 2 heterocycles. The normalized spacial score (nSPS) is 17.9. The largest absolute Gasteiger partial charge is 0.507 e. The third-order valence-corrected chi connectivity index (χ3v) is 4.69. The maximum Gasteiger partial charge on any atom is 0.302 e. The van der Waals surface area contributed by atoms with Crippen LogP contribution in [0, 0.1) is 10.1 Å². The Kier molecular flexibility index (Phi) is 4.77. The molecular formula is C21H14N4O5. The average molecular weight is 402 g/mol. The molecular weight excluding hydrogens is 388 g/mol. The number of para-hydroxylation sites is 1. The molecule has 1 saturated heterocycles. The molecule has 1 N–H and O–H groups in total. The van der Waals surface area contributed by atoms with Gasteiger partial charge in [-0.25, -0.2) is 9.97 Å². The van der Waals surface area contributed by atoms with Crippen LogP contribution in [0.15, 0.2) is 78.6 Å². The summed E-state index contributed by atoms with van der Waals surface area (Å²) >= 11 is 0. The van der Waals surface area contributed by atoms with Gasteiger partial charge in [-0.2, -0.15) is 0 Å². The number of aromatic nitrogens is 2. The molecule has 1 aromatic heterocycles. The first-order valence-corrected chi connectivity index (χ1v) is 8.87. The van der Waals surface area contributed by atoms with E-state index in [2.05, 4.69) is 9.97 Å². The van der Waals surface area contributed by atoms with Gasteiger partial charge in [0.15, 0.2) is 0 Å². The van der Waals surface area contributed by atoms with Crippen molar-refractivity contribution in [3.05, 3.63) is 99.9 Å². The minimum atomic E-state index is -1.27. The van der Waals surface area contributed by atoms with Crippen molar-refractivity contribution in [2.75, 3.05) is 4.90 Å². The van der Waals surface area contributed by atoms with E-state index in [9.17, 15) is 24.8 Å². The van der Waals surface area contributed by atoms with Gasteiger partial charge in [0.25, 0.3) is 11.5 Å². The van der Waals surface area contributed by atoms with Gasteiger partial charge in [0.2, 0.25) is 5.95 Å². The van der Waals surface area contributed by atoms with E-state index in [4.69, 9.17) is 0 Å². The lowest BCUT2D eigenvalue weighted by Crippen LogP contribution is -2.31. The molecule has 1 fully saturated rings. The number of nitro groups is 1. The molecule has 0 radical (unpaired) electrons. The zero-order chi connectivity index (χ0) is 21.3. The smallest absolute Gasteiger partial charge is 0.302 e. The molecule has 1 aliphatic heterocycles. The minimum absolute atomic E-state index is 0.0617. The van der Waals surface area contributed by atoms with Crippen molar-refractivity contribution in [3.8, 4) is 0 Å². The minimum Gasteiger partial charge on any atom is -0.507 e. The van der Waals surface area contributed by atoms with E-state index in [-0.39, 0.29) is 22.8 Å². The molecule has 0 spiro atoms. The summed E-state index contributed by atoms with van der Waals surface area (Å²) in [5.41, 5.74) is -0.211. The molecule has 1 atom stereocenters. The molecule has 0 aliphatic carbocycles. The summed E-state index contributed by atoms with van der Waals surface area (Å²) < 4.78 is 0. The Balaban J connectivity index is 2.02. The van der Waals surface area contributed by atoms with Crippen molar-refractivity contribution >= 4 is 29.1 Å². The Morgan fingerprint density at radius 2 is 1.60 bits per heavy atom. The molecule has 1 amide bonds. The van der Waals surface area contributed by atoms with Crippen molar-refractivity contribution in [1.29, 1.82) is 0 Å². The van der Waals surface area contributed by atoms with E-state index >= 15 is 0 Å². The van der Waals surface area contributed by atoms with Crippen LogP contribution >= 0.6 is 0 Å².